The van der Waals surface area contributed by atoms with Crippen molar-refractivity contribution in [3.05, 3.63) is 107 Å². The van der Waals surface area contributed by atoms with Crippen molar-refractivity contribution in [3.8, 4) is 6.07 Å². The number of benzene rings is 3. The zero-order valence-electron chi connectivity index (χ0n) is 14.9. The average Bonchev–Trinajstić information content (AvgIpc) is 3.06. The van der Waals surface area contributed by atoms with Gasteiger partial charge in [-0.2, -0.15) is 5.26 Å². The number of hydrogen-bond acceptors (Lipinski definition) is 1. The highest BCUT2D eigenvalue weighted by molar-refractivity contribution is 5.98. The Morgan fingerprint density at radius 3 is 2.39 bits per heavy atom. The van der Waals surface area contributed by atoms with Crippen LogP contribution in [0.2, 0.25) is 0 Å². The molecule has 0 aliphatic carbocycles. The maximum Gasteiger partial charge on any atom is 0.131 e. The van der Waals surface area contributed by atoms with E-state index in [1.54, 1.807) is 36.4 Å². The minimum Gasteiger partial charge on any atom is -0.342 e. The van der Waals surface area contributed by atoms with Crippen LogP contribution in [-0.2, 0) is 6.54 Å². The molecule has 0 fully saturated rings. The van der Waals surface area contributed by atoms with E-state index >= 15 is 0 Å². The molecule has 0 amide bonds. The van der Waals surface area contributed by atoms with Crippen LogP contribution < -0.4 is 0 Å². The molecule has 0 saturated heterocycles. The highest BCUT2D eigenvalue weighted by atomic mass is 19.1. The Bertz CT molecular complexity index is 1210. The molecule has 0 aliphatic heterocycles. The summed E-state index contributed by atoms with van der Waals surface area (Å²) in [5, 5.41) is 10.5. The molecule has 0 bridgehead atoms. The summed E-state index contributed by atoms with van der Waals surface area (Å²) in [6, 6.07) is 22.6. The molecule has 0 N–H and O–H groups in total. The monoisotopic (exact) mass is 370 g/mol. The molecular formula is C24H16F2N2. The zero-order chi connectivity index (χ0) is 19.5. The predicted molar refractivity (Wildman–Crippen MR) is 107 cm³/mol. The van der Waals surface area contributed by atoms with E-state index in [0.29, 0.717) is 6.54 Å². The standard InChI is InChI=1S/C24H16F2N2/c25-20-11-9-17(10-12-20)15-28-16-19(22-6-2-4-8-24(22)28)13-18(14-27)21-5-1-3-7-23(21)26/h1-13,16H,15H2. The molecule has 2 nitrogen and oxygen atoms in total. The molecule has 4 heteroatoms. The summed E-state index contributed by atoms with van der Waals surface area (Å²) in [7, 11) is 0. The van der Waals surface area contributed by atoms with Gasteiger partial charge in [0, 0.05) is 34.8 Å². The van der Waals surface area contributed by atoms with E-state index in [2.05, 4.69) is 6.07 Å². The summed E-state index contributed by atoms with van der Waals surface area (Å²) < 4.78 is 29.4. The topological polar surface area (TPSA) is 28.7 Å². The van der Waals surface area contributed by atoms with Crippen molar-refractivity contribution >= 4 is 22.6 Å². The minimum absolute atomic E-state index is 0.266. The average molecular weight is 370 g/mol. The summed E-state index contributed by atoms with van der Waals surface area (Å²) in [5.41, 5.74) is 3.33. The molecule has 4 aromatic rings. The Hall–Kier alpha value is -3.71. The van der Waals surface area contributed by atoms with Crippen molar-refractivity contribution < 1.29 is 8.78 Å². The van der Waals surface area contributed by atoms with Gasteiger partial charge in [-0.1, -0.05) is 48.5 Å². The highest BCUT2D eigenvalue weighted by Gasteiger charge is 2.11. The van der Waals surface area contributed by atoms with E-state index in [-0.39, 0.29) is 17.0 Å². The lowest BCUT2D eigenvalue weighted by atomic mass is 10.0. The maximum absolute atomic E-state index is 14.1. The fourth-order valence-corrected chi connectivity index (χ4v) is 3.31. The largest absolute Gasteiger partial charge is 0.342 e. The van der Waals surface area contributed by atoms with Gasteiger partial charge >= 0.3 is 0 Å². The van der Waals surface area contributed by atoms with Gasteiger partial charge in [0.2, 0.25) is 0 Å². The maximum atomic E-state index is 14.1. The number of nitriles is 1. The molecule has 0 aliphatic rings. The molecular weight excluding hydrogens is 354 g/mol. The number of allylic oxidation sites excluding steroid dienone is 1. The van der Waals surface area contributed by atoms with Crippen molar-refractivity contribution in [1.29, 1.82) is 5.26 Å². The Morgan fingerprint density at radius 1 is 0.929 bits per heavy atom. The second kappa shape index (κ2) is 7.50. The summed E-state index contributed by atoms with van der Waals surface area (Å²) in [4.78, 5) is 0. The SMILES string of the molecule is N#CC(=Cc1cn(Cc2ccc(F)cc2)c2ccccc12)c1ccccc1F. The van der Waals surface area contributed by atoms with Crippen molar-refractivity contribution in [2.24, 2.45) is 0 Å². The van der Waals surface area contributed by atoms with E-state index < -0.39 is 5.82 Å². The highest BCUT2D eigenvalue weighted by Crippen LogP contribution is 2.27. The lowest BCUT2D eigenvalue weighted by molar-refractivity contribution is 0.624. The van der Waals surface area contributed by atoms with Gasteiger partial charge in [-0.3, -0.25) is 0 Å². The number of nitrogens with zero attached hydrogens (tertiary/aromatic N) is 2. The van der Waals surface area contributed by atoms with E-state index in [4.69, 9.17) is 0 Å². The molecule has 3 aromatic carbocycles. The molecule has 28 heavy (non-hydrogen) atoms. The fourth-order valence-electron chi connectivity index (χ4n) is 3.31. The van der Waals surface area contributed by atoms with E-state index in [0.717, 1.165) is 22.0 Å². The van der Waals surface area contributed by atoms with Crippen LogP contribution in [0.3, 0.4) is 0 Å². The first-order chi connectivity index (χ1) is 13.7. The Balaban J connectivity index is 1.81. The molecule has 0 unspecified atom stereocenters. The number of hydrogen-bond donors (Lipinski definition) is 0. The van der Waals surface area contributed by atoms with Gasteiger partial charge in [-0.05, 0) is 35.9 Å². The molecule has 1 heterocycles. The van der Waals surface area contributed by atoms with Gasteiger partial charge in [0.1, 0.15) is 11.6 Å². The van der Waals surface area contributed by atoms with Crippen LogP contribution in [0.4, 0.5) is 8.78 Å². The van der Waals surface area contributed by atoms with Crippen molar-refractivity contribution in [2.75, 3.05) is 0 Å². The van der Waals surface area contributed by atoms with Crippen LogP contribution in [0.25, 0.3) is 22.6 Å². The molecule has 0 spiro atoms. The minimum atomic E-state index is -0.426. The van der Waals surface area contributed by atoms with Gasteiger partial charge in [0.15, 0.2) is 0 Å². The Morgan fingerprint density at radius 2 is 1.64 bits per heavy atom. The Kier molecular flexibility index (Phi) is 4.74. The molecule has 1 aromatic heterocycles. The summed E-state index contributed by atoms with van der Waals surface area (Å²) in [6.07, 6.45) is 3.65. The zero-order valence-corrected chi connectivity index (χ0v) is 14.9. The molecule has 0 saturated carbocycles. The van der Waals surface area contributed by atoms with Crippen LogP contribution in [0.1, 0.15) is 16.7 Å². The summed E-state index contributed by atoms with van der Waals surface area (Å²) in [6.45, 7) is 0.566. The second-order valence-electron chi connectivity index (χ2n) is 6.51. The first-order valence-corrected chi connectivity index (χ1v) is 8.85. The smallest absolute Gasteiger partial charge is 0.131 e. The van der Waals surface area contributed by atoms with Crippen LogP contribution in [0.15, 0.2) is 79.0 Å². The van der Waals surface area contributed by atoms with Crippen LogP contribution in [0.5, 0.6) is 0 Å². The third kappa shape index (κ3) is 3.43. The van der Waals surface area contributed by atoms with Gasteiger partial charge in [0.05, 0.1) is 11.6 Å². The summed E-state index contributed by atoms with van der Waals surface area (Å²) in [5.74, 6) is -0.696. The molecule has 136 valence electrons. The molecule has 4 rings (SSSR count). The lowest BCUT2D eigenvalue weighted by Gasteiger charge is -2.05. The third-order valence-corrected chi connectivity index (χ3v) is 4.67. The van der Waals surface area contributed by atoms with Crippen molar-refractivity contribution in [3.63, 3.8) is 0 Å². The van der Waals surface area contributed by atoms with E-state index in [1.807, 2.05) is 35.0 Å². The predicted octanol–water partition coefficient (Wildman–Crippen LogP) is 6.03. The lowest BCUT2D eigenvalue weighted by Crippen LogP contribution is -1.97. The normalized spacial score (nSPS) is 11.5. The Labute approximate surface area is 161 Å². The molecule has 0 radical (unpaired) electrons. The first kappa shape index (κ1) is 17.7. The van der Waals surface area contributed by atoms with Gasteiger partial charge in [0.25, 0.3) is 0 Å². The number of fused-ring (bicyclic) bond motifs is 1. The van der Waals surface area contributed by atoms with Crippen LogP contribution in [0, 0.1) is 23.0 Å². The van der Waals surface area contributed by atoms with Crippen molar-refractivity contribution in [2.45, 2.75) is 6.54 Å². The first-order valence-electron chi connectivity index (χ1n) is 8.85. The summed E-state index contributed by atoms with van der Waals surface area (Å²) >= 11 is 0. The number of halogens is 2. The number of aromatic nitrogens is 1. The van der Waals surface area contributed by atoms with Gasteiger partial charge < -0.3 is 4.57 Å². The quantitative estimate of drug-likeness (QED) is 0.403. The van der Waals surface area contributed by atoms with E-state index in [9.17, 15) is 14.0 Å². The second-order valence-corrected chi connectivity index (χ2v) is 6.51. The number of rotatable bonds is 4. The third-order valence-electron chi connectivity index (χ3n) is 4.67. The van der Waals surface area contributed by atoms with Crippen LogP contribution >= 0.6 is 0 Å². The van der Waals surface area contributed by atoms with E-state index in [1.165, 1.54) is 18.2 Å². The van der Waals surface area contributed by atoms with Crippen molar-refractivity contribution in [1.82, 2.24) is 4.57 Å². The molecule has 0 atom stereocenters. The van der Waals surface area contributed by atoms with Crippen LogP contribution in [-0.4, -0.2) is 4.57 Å². The van der Waals surface area contributed by atoms with Gasteiger partial charge in [-0.15, -0.1) is 0 Å². The number of para-hydroxylation sites is 1. The van der Waals surface area contributed by atoms with Gasteiger partial charge in [-0.25, -0.2) is 8.78 Å². The fraction of sp³-hybridized carbons (Fsp3) is 0.0417.